The summed E-state index contributed by atoms with van der Waals surface area (Å²) in [5.41, 5.74) is 16.9. The average molecular weight is 215 g/mol. The molecule has 0 saturated heterocycles. The maximum absolute atomic E-state index is 11.4. The van der Waals surface area contributed by atoms with Crippen LogP contribution in [0.2, 0.25) is 0 Å². The number of hydrogen-bond acceptors (Lipinski definition) is 5. The lowest BCUT2D eigenvalue weighted by Gasteiger charge is -2.15. The van der Waals surface area contributed by atoms with Gasteiger partial charge in [-0.1, -0.05) is 0 Å². The minimum absolute atomic E-state index is 0.0711. The molecule has 3 atom stereocenters. The summed E-state index contributed by atoms with van der Waals surface area (Å²) in [5, 5.41) is 0. The van der Waals surface area contributed by atoms with Crippen molar-refractivity contribution in [2.45, 2.75) is 50.3 Å². The van der Waals surface area contributed by atoms with Crippen LogP contribution < -0.4 is 17.2 Å². The Morgan fingerprint density at radius 2 is 2.00 bits per heavy atom. The van der Waals surface area contributed by atoms with Gasteiger partial charge >= 0.3 is 5.97 Å². The molecule has 0 aromatic rings. The van der Waals surface area contributed by atoms with Crippen LogP contribution in [0.4, 0.5) is 0 Å². The van der Waals surface area contributed by atoms with Crippen molar-refractivity contribution in [3.63, 3.8) is 0 Å². The lowest BCUT2D eigenvalue weighted by molar-refractivity contribution is -0.149. The second kappa shape index (κ2) is 6.05. The van der Waals surface area contributed by atoms with Crippen LogP contribution in [-0.2, 0) is 9.53 Å². The Bertz CT molecular complexity index is 211. The summed E-state index contributed by atoms with van der Waals surface area (Å²) < 4.78 is 5.26. The number of unbranched alkanes of at least 4 members (excludes halogenated alkanes) is 1. The third-order valence-corrected chi connectivity index (χ3v) is 2.71. The monoisotopic (exact) mass is 215 g/mol. The highest BCUT2D eigenvalue weighted by molar-refractivity contribution is 5.69. The summed E-state index contributed by atoms with van der Waals surface area (Å²) in [6.45, 7) is 0.612. The van der Waals surface area contributed by atoms with Crippen LogP contribution in [0.1, 0.15) is 32.1 Å². The van der Waals surface area contributed by atoms with Crippen molar-refractivity contribution in [1.29, 1.82) is 0 Å². The summed E-state index contributed by atoms with van der Waals surface area (Å²) in [6.07, 6.45) is 3.29. The summed E-state index contributed by atoms with van der Waals surface area (Å²) >= 11 is 0. The quantitative estimate of drug-likeness (QED) is 0.422. The lowest BCUT2D eigenvalue weighted by atomic mass is 10.2. The van der Waals surface area contributed by atoms with Gasteiger partial charge in [-0.2, -0.15) is 0 Å². The predicted molar refractivity (Wildman–Crippen MR) is 58.0 cm³/mol. The lowest BCUT2D eigenvalue weighted by Crippen LogP contribution is -2.33. The van der Waals surface area contributed by atoms with Gasteiger partial charge in [0.25, 0.3) is 0 Å². The fourth-order valence-corrected chi connectivity index (χ4v) is 1.85. The van der Waals surface area contributed by atoms with Crippen LogP contribution in [0.15, 0.2) is 0 Å². The third-order valence-electron chi connectivity index (χ3n) is 2.71. The average Bonchev–Trinajstić information content (AvgIpc) is 2.45. The molecule has 0 aromatic carbocycles. The van der Waals surface area contributed by atoms with Crippen molar-refractivity contribution >= 4 is 5.97 Å². The topological polar surface area (TPSA) is 104 Å². The van der Waals surface area contributed by atoms with Gasteiger partial charge in [0.2, 0.25) is 0 Å². The Labute approximate surface area is 90.3 Å². The maximum atomic E-state index is 11.4. The molecular formula is C10H21N3O2. The van der Waals surface area contributed by atoms with Gasteiger partial charge < -0.3 is 21.9 Å². The molecular weight excluding hydrogens is 194 g/mol. The molecule has 1 saturated carbocycles. The van der Waals surface area contributed by atoms with Crippen molar-refractivity contribution in [1.82, 2.24) is 0 Å². The van der Waals surface area contributed by atoms with Gasteiger partial charge in [-0.3, -0.25) is 4.79 Å². The number of rotatable bonds is 5. The van der Waals surface area contributed by atoms with E-state index in [4.69, 9.17) is 21.9 Å². The molecule has 0 amide bonds. The molecule has 0 radical (unpaired) electrons. The minimum atomic E-state index is -0.189. The SMILES string of the molecule is NCCCCC(=O)O[C@@H]1C[C@@H](N)C[C@H]1N. The van der Waals surface area contributed by atoms with E-state index in [1.165, 1.54) is 0 Å². The first kappa shape index (κ1) is 12.4. The van der Waals surface area contributed by atoms with Crippen LogP contribution >= 0.6 is 0 Å². The van der Waals surface area contributed by atoms with Crippen molar-refractivity contribution in [3.05, 3.63) is 0 Å². The fraction of sp³-hybridized carbons (Fsp3) is 0.900. The van der Waals surface area contributed by atoms with Crippen molar-refractivity contribution in [3.8, 4) is 0 Å². The number of nitrogens with two attached hydrogens (primary N) is 3. The van der Waals surface area contributed by atoms with E-state index < -0.39 is 0 Å². The molecule has 15 heavy (non-hydrogen) atoms. The third kappa shape index (κ3) is 4.15. The molecule has 5 heteroatoms. The van der Waals surface area contributed by atoms with Gasteiger partial charge in [-0.25, -0.2) is 0 Å². The Hall–Kier alpha value is -0.650. The minimum Gasteiger partial charge on any atom is -0.461 e. The first-order valence-electron chi connectivity index (χ1n) is 5.54. The smallest absolute Gasteiger partial charge is 0.306 e. The molecule has 88 valence electrons. The van der Waals surface area contributed by atoms with Gasteiger partial charge in [0, 0.05) is 24.9 Å². The molecule has 0 aliphatic heterocycles. The molecule has 0 spiro atoms. The van der Waals surface area contributed by atoms with E-state index in [1.807, 2.05) is 0 Å². The van der Waals surface area contributed by atoms with E-state index in [2.05, 4.69) is 0 Å². The molecule has 6 N–H and O–H groups in total. The summed E-state index contributed by atoms with van der Waals surface area (Å²) in [4.78, 5) is 11.4. The van der Waals surface area contributed by atoms with E-state index in [-0.39, 0.29) is 24.2 Å². The Morgan fingerprint density at radius 1 is 1.27 bits per heavy atom. The Kier molecular flexibility index (Phi) is 5.01. The number of carbonyl (C=O) groups is 1. The van der Waals surface area contributed by atoms with Crippen LogP contribution in [0.25, 0.3) is 0 Å². The highest BCUT2D eigenvalue weighted by Gasteiger charge is 2.32. The molecule has 0 heterocycles. The summed E-state index contributed by atoms with van der Waals surface area (Å²) in [5.74, 6) is -0.182. The zero-order valence-corrected chi connectivity index (χ0v) is 9.02. The van der Waals surface area contributed by atoms with Gasteiger partial charge in [0.15, 0.2) is 0 Å². The van der Waals surface area contributed by atoms with Crippen molar-refractivity contribution in [2.75, 3.05) is 6.54 Å². The maximum Gasteiger partial charge on any atom is 0.306 e. The van der Waals surface area contributed by atoms with Crippen LogP contribution in [0.3, 0.4) is 0 Å². The van der Waals surface area contributed by atoms with Crippen molar-refractivity contribution in [2.24, 2.45) is 17.2 Å². The Morgan fingerprint density at radius 3 is 2.53 bits per heavy atom. The van der Waals surface area contributed by atoms with Gasteiger partial charge in [0.05, 0.1) is 0 Å². The summed E-state index contributed by atoms with van der Waals surface area (Å²) in [7, 11) is 0. The molecule has 1 aliphatic rings. The normalized spacial score (nSPS) is 30.5. The van der Waals surface area contributed by atoms with Crippen LogP contribution in [0, 0.1) is 0 Å². The van der Waals surface area contributed by atoms with Gasteiger partial charge in [0.1, 0.15) is 6.10 Å². The van der Waals surface area contributed by atoms with E-state index in [0.717, 1.165) is 19.3 Å². The molecule has 0 bridgehead atoms. The fourth-order valence-electron chi connectivity index (χ4n) is 1.85. The molecule has 1 aliphatic carbocycles. The predicted octanol–water partition coefficient (Wildman–Crippen LogP) is -0.524. The zero-order valence-electron chi connectivity index (χ0n) is 9.02. The summed E-state index contributed by atoms with van der Waals surface area (Å²) in [6, 6.07) is -0.0275. The van der Waals surface area contributed by atoms with E-state index in [9.17, 15) is 4.79 Å². The number of esters is 1. The van der Waals surface area contributed by atoms with E-state index in [1.54, 1.807) is 0 Å². The highest BCUT2D eigenvalue weighted by atomic mass is 16.5. The number of ether oxygens (including phenoxy) is 1. The highest BCUT2D eigenvalue weighted by Crippen LogP contribution is 2.20. The number of carbonyl (C=O) groups excluding carboxylic acids is 1. The largest absolute Gasteiger partial charge is 0.461 e. The van der Waals surface area contributed by atoms with Crippen LogP contribution in [0.5, 0.6) is 0 Å². The van der Waals surface area contributed by atoms with Gasteiger partial charge in [-0.15, -0.1) is 0 Å². The standard InChI is InChI=1S/C10H21N3O2/c11-4-2-1-3-10(14)15-9-6-7(12)5-8(9)13/h7-9H,1-6,11-13H2/t7-,8+,9+/m0/s1. The van der Waals surface area contributed by atoms with E-state index in [0.29, 0.717) is 19.4 Å². The van der Waals surface area contributed by atoms with Crippen LogP contribution in [-0.4, -0.2) is 30.7 Å². The first-order valence-corrected chi connectivity index (χ1v) is 5.54. The van der Waals surface area contributed by atoms with E-state index >= 15 is 0 Å². The Balaban J connectivity index is 2.20. The number of hydrogen-bond donors (Lipinski definition) is 3. The molecule has 0 unspecified atom stereocenters. The molecule has 1 rings (SSSR count). The zero-order chi connectivity index (χ0) is 11.3. The molecule has 0 aromatic heterocycles. The second-order valence-corrected chi connectivity index (χ2v) is 4.17. The first-order chi connectivity index (χ1) is 7.13. The molecule has 5 nitrogen and oxygen atoms in total. The second-order valence-electron chi connectivity index (χ2n) is 4.17. The van der Waals surface area contributed by atoms with Crippen molar-refractivity contribution < 1.29 is 9.53 Å². The van der Waals surface area contributed by atoms with Gasteiger partial charge in [-0.05, 0) is 25.8 Å². The molecule has 1 fully saturated rings.